The van der Waals surface area contributed by atoms with Crippen molar-refractivity contribution in [1.82, 2.24) is 20.1 Å². The maximum atomic E-state index is 5.21. The lowest BCUT2D eigenvalue weighted by molar-refractivity contribution is 0.412. The number of methoxy groups -OCH3 is 1. The highest BCUT2D eigenvalue weighted by Crippen LogP contribution is 2.25. The number of ether oxygens (including phenoxy) is 1. The smallest absolute Gasteiger partial charge is 0.149 e. The van der Waals surface area contributed by atoms with Gasteiger partial charge in [0.2, 0.25) is 0 Å². The minimum atomic E-state index is 0.147. The summed E-state index contributed by atoms with van der Waals surface area (Å²) in [5.74, 6) is 1.76. The van der Waals surface area contributed by atoms with Crippen molar-refractivity contribution in [2.45, 2.75) is 19.5 Å². The van der Waals surface area contributed by atoms with Crippen LogP contribution in [0.3, 0.4) is 0 Å². The van der Waals surface area contributed by atoms with Crippen LogP contribution in [0.1, 0.15) is 24.4 Å². The number of aryl methyl sites for hydroxylation is 1. The Labute approximate surface area is 121 Å². The van der Waals surface area contributed by atoms with Crippen LogP contribution in [0, 0.1) is 0 Å². The molecule has 1 unspecified atom stereocenters. The van der Waals surface area contributed by atoms with Crippen molar-refractivity contribution >= 4 is 15.9 Å². The van der Waals surface area contributed by atoms with Crippen LogP contribution in [0.4, 0.5) is 0 Å². The van der Waals surface area contributed by atoms with Gasteiger partial charge >= 0.3 is 0 Å². The zero-order valence-electron chi connectivity index (χ0n) is 11.2. The van der Waals surface area contributed by atoms with Crippen LogP contribution < -0.4 is 10.1 Å². The lowest BCUT2D eigenvalue weighted by Crippen LogP contribution is -2.21. The Balaban J connectivity index is 1.99. The molecule has 0 fully saturated rings. The summed E-state index contributed by atoms with van der Waals surface area (Å²) in [5.41, 5.74) is 1.18. The molecule has 0 saturated carbocycles. The molecule has 1 heterocycles. The van der Waals surface area contributed by atoms with E-state index >= 15 is 0 Å². The third-order valence-corrected chi connectivity index (χ3v) is 3.58. The quantitative estimate of drug-likeness (QED) is 0.917. The predicted octanol–water partition coefficient (Wildman–Crippen LogP) is 2.44. The number of benzene rings is 1. The molecule has 1 aromatic heterocycles. The molecule has 1 atom stereocenters. The average molecular weight is 325 g/mol. The number of hydrogen-bond acceptors (Lipinski definition) is 4. The summed E-state index contributed by atoms with van der Waals surface area (Å²) in [7, 11) is 3.60. The summed E-state index contributed by atoms with van der Waals surface area (Å²) in [4.78, 5) is 0. The van der Waals surface area contributed by atoms with Crippen molar-refractivity contribution in [1.29, 1.82) is 0 Å². The summed E-state index contributed by atoms with van der Waals surface area (Å²) < 4.78 is 8.09. The molecule has 0 aliphatic carbocycles. The van der Waals surface area contributed by atoms with E-state index in [0.29, 0.717) is 0 Å². The molecule has 6 heteroatoms. The van der Waals surface area contributed by atoms with Crippen molar-refractivity contribution in [3.63, 3.8) is 0 Å². The van der Waals surface area contributed by atoms with Gasteiger partial charge in [-0.25, -0.2) is 0 Å². The maximum Gasteiger partial charge on any atom is 0.149 e. The lowest BCUT2D eigenvalue weighted by atomic mass is 10.2. The Kier molecular flexibility index (Phi) is 4.55. The monoisotopic (exact) mass is 324 g/mol. The van der Waals surface area contributed by atoms with Crippen LogP contribution in [-0.2, 0) is 13.6 Å². The Bertz CT molecular complexity index is 555. The number of rotatable bonds is 5. The van der Waals surface area contributed by atoms with E-state index in [1.165, 1.54) is 5.56 Å². The second-order valence-electron chi connectivity index (χ2n) is 4.37. The molecule has 102 valence electrons. The van der Waals surface area contributed by atoms with Gasteiger partial charge in [-0.05, 0) is 40.5 Å². The summed E-state index contributed by atoms with van der Waals surface area (Å²) in [6.45, 7) is 2.83. The van der Waals surface area contributed by atoms with Gasteiger partial charge in [-0.3, -0.25) is 0 Å². The van der Waals surface area contributed by atoms with Crippen molar-refractivity contribution in [3.05, 3.63) is 40.4 Å². The Morgan fingerprint density at radius 2 is 2.26 bits per heavy atom. The largest absolute Gasteiger partial charge is 0.496 e. The molecular weight excluding hydrogens is 308 g/mol. The van der Waals surface area contributed by atoms with Gasteiger partial charge < -0.3 is 14.6 Å². The van der Waals surface area contributed by atoms with Gasteiger partial charge in [0.15, 0.2) is 0 Å². The van der Waals surface area contributed by atoms with Gasteiger partial charge in [-0.15, -0.1) is 10.2 Å². The average Bonchev–Trinajstić information content (AvgIpc) is 2.82. The molecule has 1 aromatic carbocycles. The number of aromatic nitrogens is 3. The zero-order chi connectivity index (χ0) is 13.8. The van der Waals surface area contributed by atoms with Crippen molar-refractivity contribution < 1.29 is 4.74 Å². The zero-order valence-corrected chi connectivity index (χ0v) is 12.8. The van der Waals surface area contributed by atoms with Crippen LogP contribution in [0.2, 0.25) is 0 Å². The highest BCUT2D eigenvalue weighted by Gasteiger charge is 2.10. The van der Waals surface area contributed by atoms with Gasteiger partial charge in [-0.2, -0.15) is 0 Å². The van der Waals surface area contributed by atoms with E-state index in [9.17, 15) is 0 Å². The number of hydrogen-bond donors (Lipinski definition) is 1. The van der Waals surface area contributed by atoms with Gasteiger partial charge in [0.05, 0.1) is 17.6 Å². The molecule has 0 aliphatic rings. The van der Waals surface area contributed by atoms with Gasteiger partial charge in [0.1, 0.15) is 17.9 Å². The lowest BCUT2D eigenvalue weighted by Gasteiger charge is -2.13. The fourth-order valence-corrected chi connectivity index (χ4v) is 2.45. The van der Waals surface area contributed by atoms with Crippen LogP contribution in [0.5, 0.6) is 5.75 Å². The number of halogens is 1. The fraction of sp³-hybridized carbons (Fsp3) is 0.385. The maximum absolute atomic E-state index is 5.21. The molecule has 19 heavy (non-hydrogen) atoms. The van der Waals surface area contributed by atoms with Crippen molar-refractivity contribution in [2.75, 3.05) is 7.11 Å². The van der Waals surface area contributed by atoms with Crippen LogP contribution in [-0.4, -0.2) is 21.9 Å². The number of nitrogens with one attached hydrogen (secondary N) is 1. The molecule has 0 bridgehead atoms. The molecule has 0 saturated heterocycles. The minimum Gasteiger partial charge on any atom is -0.496 e. The van der Waals surface area contributed by atoms with E-state index in [1.807, 2.05) is 23.7 Å². The van der Waals surface area contributed by atoms with E-state index in [4.69, 9.17) is 4.74 Å². The van der Waals surface area contributed by atoms with Crippen LogP contribution in [0.25, 0.3) is 0 Å². The first-order chi connectivity index (χ1) is 9.11. The highest BCUT2D eigenvalue weighted by molar-refractivity contribution is 9.10. The summed E-state index contributed by atoms with van der Waals surface area (Å²) in [5, 5.41) is 11.4. The molecule has 0 spiro atoms. The molecule has 2 aromatic rings. The van der Waals surface area contributed by atoms with Crippen LogP contribution in [0.15, 0.2) is 29.0 Å². The third kappa shape index (κ3) is 3.33. The minimum absolute atomic E-state index is 0.147. The first-order valence-corrected chi connectivity index (χ1v) is 6.81. The molecular formula is C13H17BrN4O. The Morgan fingerprint density at radius 1 is 1.47 bits per heavy atom. The second-order valence-corrected chi connectivity index (χ2v) is 5.23. The first kappa shape index (κ1) is 14.0. The first-order valence-electron chi connectivity index (χ1n) is 6.01. The van der Waals surface area contributed by atoms with E-state index < -0.39 is 0 Å². The Hall–Kier alpha value is -1.40. The molecule has 1 N–H and O–H groups in total. The normalized spacial score (nSPS) is 12.4. The van der Waals surface area contributed by atoms with E-state index in [0.717, 1.165) is 22.6 Å². The van der Waals surface area contributed by atoms with Crippen molar-refractivity contribution in [2.24, 2.45) is 7.05 Å². The van der Waals surface area contributed by atoms with Gasteiger partial charge in [-0.1, -0.05) is 6.07 Å². The molecule has 2 rings (SSSR count). The standard InChI is InChI=1S/C13H17BrN4O/c1-9(13-17-16-8-18(13)2)15-7-10-4-5-12(19-3)11(14)6-10/h4-6,8-9,15H,7H2,1-3H3. The fourth-order valence-electron chi connectivity index (χ4n) is 1.87. The van der Waals surface area contributed by atoms with Gasteiger partial charge in [0.25, 0.3) is 0 Å². The summed E-state index contributed by atoms with van der Waals surface area (Å²) in [6.07, 6.45) is 1.71. The van der Waals surface area contributed by atoms with Crippen molar-refractivity contribution in [3.8, 4) is 5.75 Å². The summed E-state index contributed by atoms with van der Waals surface area (Å²) >= 11 is 3.49. The molecule has 5 nitrogen and oxygen atoms in total. The third-order valence-electron chi connectivity index (χ3n) is 2.96. The molecule has 0 aliphatic heterocycles. The summed E-state index contributed by atoms with van der Waals surface area (Å²) in [6, 6.07) is 6.19. The topological polar surface area (TPSA) is 52.0 Å². The van der Waals surface area contributed by atoms with Gasteiger partial charge in [0, 0.05) is 13.6 Å². The van der Waals surface area contributed by atoms with E-state index in [2.05, 4.69) is 44.4 Å². The van der Waals surface area contributed by atoms with Crippen LogP contribution >= 0.6 is 15.9 Å². The molecule has 0 radical (unpaired) electrons. The number of nitrogens with zero attached hydrogens (tertiary/aromatic N) is 3. The SMILES string of the molecule is COc1ccc(CNC(C)c2nncn2C)cc1Br. The highest BCUT2D eigenvalue weighted by atomic mass is 79.9. The van der Waals surface area contributed by atoms with E-state index in [-0.39, 0.29) is 6.04 Å². The Morgan fingerprint density at radius 3 is 2.84 bits per heavy atom. The second kappa shape index (κ2) is 6.16. The molecule has 0 amide bonds. The van der Waals surface area contributed by atoms with E-state index in [1.54, 1.807) is 13.4 Å². The predicted molar refractivity (Wildman–Crippen MR) is 77.0 cm³/mol.